The van der Waals surface area contributed by atoms with Crippen LogP contribution < -0.4 is 10.6 Å². The highest BCUT2D eigenvalue weighted by atomic mass is 32.1. The van der Waals surface area contributed by atoms with Crippen LogP contribution in [0.25, 0.3) is 0 Å². The number of fused-ring (bicyclic) bond motifs is 2. The predicted molar refractivity (Wildman–Crippen MR) is 83.4 cm³/mol. The number of thiazole rings is 1. The minimum atomic E-state index is 0.173. The Morgan fingerprint density at radius 3 is 3.00 bits per heavy atom. The van der Waals surface area contributed by atoms with Crippen LogP contribution in [0, 0.1) is 0 Å². The number of hydrogen-bond donors (Lipinski definition) is 1. The van der Waals surface area contributed by atoms with E-state index < -0.39 is 0 Å². The Balaban J connectivity index is 1.60. The van der Waals surface area contributed by atoms with Crippen molar-refractivity contribution in [2.75, 3.05) is 24.5 Å². The number of hydrogen-bond acceptors (Lipinski definition) is 5. The minimum absolute atomic E-state index is 0.173. The number of piperazine rings is 1. The molecule has 3 atom stereocenters. The molecule has 2 aliphatic heterocycles. The summed E-state index contributed by atoms with van der Waals surface area (Å²) in [5.41, 5.74) is 7.42. The van der Waals surface area contributed by atoms with Crippen LogP contribution in [0.15, 0.2) is 0 Å². The van der Waals surface area contributed by atoms with Crippen LogP contribution in [0.5, 0.6) is 0 Å². The van der Waals surface area contributed by atoms with Gasteiger partial charge >= 0.3 is 0 Å². The van der Waals surface area contributed by atoms with Crippen molar-refractivity contribution in [3.63, 3.8) is 0 Å². The van der Waals surface area contributed by atoms with E-state index in [1.165, 1.54) is 54.5 Å². The highest BCUT2D eigenvalue weighted by Gasteiger charge is 2.36. The average Bonchev–Trinajstić information content (AvgIpc) is 3.03. The highest BCUT2D eigenvalue weighted by Crippen LogP contribution is 2.38. The molecule has 3 unspecified atom stereocenters. The molecule has 0 bridgehead atoms. The van der Waals surface area contributed by atoms with Crippen LogP contribution in [-0.4, -0.2) is 41.6 Å². The van der Waals surface area contributed by atoms with E-state index >= 15 is 0 Å². The lowest BCUT2D eigenvalue weighted by Crippen LogP contribution is -2.55. The highest BCUT2D eigenvalue weighted by molar-refractivity contribution is 7.15. The standard InChI is InChI=1S/C15H24N4S/c1-10-8-18-7-3-4-11(18)9-19(10)15-17-14-12(16)5-2-6-13(14)20-15/h10-12H,2-9,16H2,1H3. The lowest BCUT2D eigenvalue weighted by molar-refractivity contribution is 0.203. The normalized spacial score (nSPS) is 34.1. The molecule has 5 heteroatoms. The first kappa shape index (κ1) is 13.0. The van der Waals surface area contributed by atoms with Gasteiger partial charge in [-0.1, -0.05) is 0 Å². The van der Waals surface area contributed by atoms with E-state index in [1.54, 1.807) is 0 Å². The third kappa shape index (κ3) is 2.07. The van der Waals surface area contributed by atoms with Crippen LogP contribution in [-0.2, 0) is 6.42 Å². The second kappa shape index (κ2) is 4.97. The topological polar surface area (TPSA) is 45.4 Å². The van der Waals surface area contributed by atoms with Crippen molar-refractivity contribution in [1.82, 2.24) is 9.88 Å². The largest absolute Gasteiger partial charge is 0.343 e. The fourth-order valence-corrected chi connectivity index (χ4v) is 5.30. The summed E-state index contributed by atoms with van der Waals surface area (Å²) in [6.07, 6.45) is 6.22. The Hall–Kier alpha value is -0.650. The van der Waals surface area contributed by atoms with Crippen molar-refractivity contribution in [2.24, 2.45) is 5.73 Å². The van der Waals surface area contributed by atoms with Gasteiger partial charge in [0, 0.05) is 36.1 Å². The van der Waals surface area contributed by atoms with Crippen LogP contribution in [0.4, 0.5) is 5.13 Å². The summed E-state index contributed by atoms with van der Waals surface area (Å²) >= 11 is 1.90. The van der Waals surface area contributed by atoms with E-state index in [2.05, 4.69) is 16.7 Å². The van der Waals surface area contributed by atoms with Gasteiger partial charge in [0.1, 0.15) is 0 Å². The molecule has 4 rings (SSSR count). The van der Waals surface area contributed by atoms with Crippen LogP contribution in [0.1, 0.15) is 49.2 Å². The first-order chi connectivity index (χ1) is 9.72. The van der Waals surface area contributed by atoms with Crippen molar-refractivity contribution in [3.8, 4) is 0 Å². The van der Waals surface area contributed by atoms with E-state index in [4.69, 9.17) is 10.7 Å². The Morgan fingerprint density at radius 1 is 1.25 bits per heavy atom. The maximum absolute atomic E-state index is 6.23. The van der Waals surface area contributed by atoms with Gasteiger partial charge in [0.05, 0.1) is 5.69 Å². The van der Waals surface area contributed by atoms with Gasteiger partial charge in [-0.15, -0.1) is 11.3 Å². The number of aromatic nitrogens is 1. The number of nitrogens with zero attached hydrogens (tertiary/aromatic N) is 3. The number of anilines is 1. The zero-order valence-electron chi connectivity index (χ0n) is 12.2. The molecule has 0 radical (unpaired) electrons. The van der Waals surface area contributed by atoms with Gasteiger partial charge in [-0.3, -0.25) is 4.90 Å². The van der Waals surface area contributed by atoms with Crippen molar-refractivity contribution in [3.05, 3.63) is 10.6 Å². The maximum atomic E-state index is 6.23. The van der Waals surface area contributed by atoms with Gasteiger partial charge in [0.25, 0.3) is 0 Å². The molecule has 0 aromatic carbocycles. The Bertz CT molecular complexity index is 500. The first-order valence-electron chi connectivity index (χ1n) is 7.98. The molecular weight excluding hydrogens is 268 g/mol. The third-order valence-electron chi connectivity index (χ3n) is 5.17. The molecule has 110 valence electrons. The van der Waals surface area contributed by atoms with E-state index in [9.17, 15) is 0 Å². The van der Waals surface area contributed by atoms with E-state index in [0.29, 0.717) is 6.04 Å². The smallest absolute Gasteiger partial charge is 0.186 e. The number of nitrogens with two attached hydrogens (primary N) is 1. The van der Waals surface area contributed by atoms with E-state index in [0.717, 1.165) is 19.0 Å². The predicted octanol–water partition coefficient (Wildman–Crippen LogP) is 2.15. The van der Waals surface area contributed by atoms with Gasteiger partial charge in [-0.05, 0) is 45.6 Å². The monoisotopic (exact) mass is 292 g/mol. The molecule has 1 aliphatic carbocycles. The lowest BCUT2D eigenvalue weighted by Gasteiger charge is -2.42. The molecular formula is C15H24N4S. The van der Waals surface area contributed by atoms with Gasteiger partial charge in [0.2, 0.25) is 0 Å². The summed E-state index contributed by atoms with van der Waals surface area (Å²) in [4.78, 5) is 11.6. The van der Waals surface area contributed by atoms with Gasteiger partial charge < -0.3 is 10.6 Å². The molecule has 3 heterocycles. The fourth-order valence-electron chi connectivity index (χ4n) is 4.02. The third-order valence-corrected chi connectivity index (χ3v) is 6.34. The zero-order chi connectivity index (χ0) is 13.7. The molecule has 4 nitrogen and oxygen atoms in total. The fraction of sp³-hybridized carbons (Fsp3) is 0.800. The molecule has 20 heavy (non-hydrogen) atoms. The van der Waals surface area contributed by atoms with Crippen molar-refractivity contribution >= 4 is 16.5 Å². The molecule has 2 N–H and O–H groups in total. The van der Waals surface area contributed by atoms with Crippen LogP contribution in [0.2, 0.25) is 0 Å². The maximum Gasteiger partial charge on any atom is 0.186 e. The Labute approximate surface area is 125 Å². The SMILES string of the molecule is CC1CN2CCCC2CN1c1nc2c(s1)CCCC2N. The number of rotatable bonds is 1. The molecule has 2 fully saturated rings. The zero-order valence-corrected chi connectivity index (χ0v) is 13.0. The molecule has 0 amide bonds. The van der Waals surface area contributed by atoms with Crippen molar-refractivity contribution in [2.45, 2.75) is 57.2 Å². The van der Waals surface area contributed by atoms with Crippen LogP contribution in [0.3, 0.4) is 0 Å². The average molecular weight is 292 g/mol. The molecule has 1 aromatic rings. The molecule has 2 saturated heterocycles. The summed E-state index contributed by atoms with van der Waals surface area (Å²) < 4.78 is 0. The first-order valence-corrected chi connectivity index (χ1v) is 8.80. The summed E-state index contributed by atoms with van der Waals surface area (Å²) in [7, 11) is 0. The Kier molecular flexibility index (Phi) is 3.24. The van der Waals surface area contributed by atoms with Gasteiger partial charge in [0.15, 0.2) is 5.13 Å². The second-order valence-electron chi connectivity index (χ2n) is 6.60. The summed E-state index contributed by atoms with van der Waals surface area (Å²) in [6, 6.07) is 1.50. The number of aryl methyl sites for hydroxylation is 1. The Morgan fingerprint density at radius 2 is 2.15 bits per heavy atom. The van der Waals surface area contributed by atoms with Gasteiger partial charge in [-0.25, -0.2) is 4.98 Å². The van der Waals surface area contributed by atoms with E-state index in [1.807, 2.05) is 11.3 Å². The molecule has 0 saturated carbocycles. The minimum Gasteiger partial charge on any atom is -0.343 e. The lowest BCUT2D eigenvalue weighted by atomic mass is 9.99. The van der Waals surface area contributed by atoms with E-state index in [-0.39, 0.29) is 6.04 Å². The van der Waals surface area contributed by atoms with Crippen molar-refractivity contribution in [1.29, 1.82) is 0 Å². The second-order valence-corrected chi connectivity index (χ2v) is 7.66. The summed E-state index contributed by atoms with van der Waals surface area (Å²) in [5.74, 6) is 0. The summed E-state index contributed by atoms with van der Waals surface area (Å²) in [6.45, 7) is 5.99. The van der Waals surface area contributed by atoms with Crippen molar-refractivity contribution < 1.29 is 0 Å². The summed E-state index contributed by atoms with van der Waals surface area (Å²) in [5, 5.41) is 1.23. The van der Waals surface area contributed by atoms with Crippen LogP contribution >= 0.6 is 11.3 Å². The quantitative estimate of drug-likeness (QED) is 0.861. The molecule has 1 aromatic heterocycles. The van der Waals surface area contributed by atoms with Gasteiger partial charge in [-0.2, -0.15) is 0 Å². The molecule has 0 spiro atoms. The molecule has 3 aliphatic rings.